The number of aromatic nitrogens is 1. The fourth-order valence-electron chi connectivity index (χ4n) is 4.08. The molecule has 206 valence electrons. The van der Waals surface area contributed by atoms with E-state index >= 15 is 0 Å². The van der Waals surface area contributed by atoms with E-state index in [4.69, 9.17) is 25.8 Å². The monoisotopic (exact) mass is 592 g/mol. The summed E-state index contributed by atoms with van der Waals surface area (Å²) < 4.78 is 42.5. The smallest absolute Gasteiger partial charge is 0.337 e. The molecule has 2 aromatic carbocycles. The maximum absolute atomic E-state index is 13.4. The largest absolute Gasteiger partial charge is 0.478 e. The number of benzene rings is 2. The van der Waals surface area contributed by atoms with Crippen LogP contribution in [0, 0.1) is 0 Å². The summed E-state index contributed by atoms with van der Waals surface area (Å²) in [5.74, 6) is -1.41. The Kier molecular flexibility index (Phi) is 8.19. The number of rotatable bonds is 10. The Hall–Kier alpha value is -3.03. The van der Waals surface area contributed by atoms with Crippen LogP contribution in [0.3, 0.4) is 0 Å². The highest BCUT2D eigenvalue weighted by Gasteiger charge is 2.37. The lowest BCUT2D eigenvalue weighted by Gasteiger charge is -2.27. The van der Waals surface area contributed by atoms with Crippen molar-refractivity contribution in [1.29, 1.82) is 0 Å². The van der Waals surface area contributed by atoms with Crippen molar-refractivity contribution in [3.05, 3.63) is 64.8 Å². The molecule has 1 aromatic heterocycles. The second-order valence-electron chi connectivity index (χ2n) is 9.16. The van der Waals surface area contributed by atoms with Gasteiger partial charge in [0.2, 0.25) is 5.06 Å². The first-order valence-corrected chi connectivity index (χ1v) is 15.0. The SMILES string of the molecule is O=C(O)c1cc(Oc2cnc(NC(=O)C(OC3CCOCC3)c3ccc(S(=O)(=O)C4CC4)cc3)s2)ccc1Cl. The van der Waals surface area contributed by atoms with Crippen molar-refractivity contribution in [3.63, 3.8) is 0 Å². The predicted octanol–water partition coefficient (Wildman–Crippen LogP) is 5.10. The predicted molar refractivity (Wildman–Crippen MR) is 144 cm³/mol. The quantitative estimate of drug-likeness (QED) is 0.329. The number of sulfone groups is 1. The van der Waals surface area contributed by atoms with Gasteiger partial charge < -0.3 is 19.3 Å². The first-order valence-electron chi connectivity index (χ1n) is 12.2. The summed E-state index contributed by atoms with van der Waals surface area (Å²) in [6.45, 7) is 1.05. The average molecular weight is 593 g/mol. The van der Waals surface area contributed by atoms with Crippen molar-refractivity contribution < 1.29 is 37.3 Å². The van der Waals surface area contributed by atoms with Crippen molar-refractivity contribution in [3.8, 4) is 10.8 Å². The van der Waals surface area contributed by atoms with Gasteiger partial charge in [-0.15, -0.1) is 0 Å². The minimum atomic E-state index is -3.36. The van der Waals surface area contributed by atoms with E-state index in [1.807, 2.05) is 0 Å². The molecular weight excluding hydrogens is 568 g/mol. The molecule has 1 aliphatic heterocycles. The average Bonchev–Trinajstić information content (AvgIpc) is 3.71. The third-order valence-electron chi connectivity index (χ3n) is 6.31. The van der Waals surface area contributed by atoms with Crippen LogP contribution in [-0.2, 0) is 24.1 Å². The van der Waals surface area contributed by atoms with Gasteiger partial charge in [0.15, 0.2) is 21.1 Å². The summed E-state index contributed by atoms with van der Waals surface area (Å²) in [4.78, 5) is 29.1. The second-order valence-corrected chi connectivity index (χ2v) is 12.8. The number of carboxylic acids is 1. The van der Waals surface area contributed by atoms with E-state index in [1.54, 1.807) is 12.1 Å². The topological polar surface area (TPSA) is 141 Å². The van der Waals surface area contributed by atoms with Gasteiger partial charge in [-0.3, -0.25) is 10.1 Å². The van der Waals surface area contributed by atoms with Crippen LogP contribution in [0.2, 0.25) is 5.02 Å². The number of halogens is 1. The van der Waals surface area contributed by atoms with Gasteiger partial charge in [0, 0.05) is 13.2 Å². The molecule has 1 atom stereocenters. The molecule has 39 heavy (non-hydrogen) atoms. The lowest BCUT2D eigenvalue weighted by Crippen LogP contribution is -2.31. The summed E-state index contributed by atoms with van der Waals surface area (Å²) in [6, 6.07) is 10.5. The van der Waals surface area contributed by atoms with E-state index in [1.165, 1.54) is 36.5 Å². The number of nitrogens with zero attached hydrogens (tertiary/aromatic N) is 1. The van der Waals surface area contributed by atoms with Gasteiger partial charge in [-0.2, -0.15) is 0 Å². The Morgan fingerprint density at radius 1 is 1.10 bits per heavy atom. The summed E-state index contributed by atoms with van der Waals surface area (Å²) in [5, 5.41) is 12.3. The molecule has 13 heteroatoms. The van der Waals surface area contributed by atoms with Crippen LogP contribution in [-0.4, -0.2) is 55.0 Å². The molecule has 2 N–H and O–H groups in total. The molecule has 2 aliphatic rings. The number of amides is 1. The van der Waals surface area contributed by atoms with Crippen molar-refractivity contribution >= 4 is 49.8 Å². The van der Waals surface area contributed by atoms with Crippen LogP contribution in [0.5, 0.6) is 10.8 Å². The van der Waals surface area contributed by atoms with Crippen LogP contribution >= 0.6 is 22.9 Å². The molecule has 0 spiro atoms. The van der Waals surface area contributed by atoms with E-state index in [0.717, 1.165) is 11.3 Å². The Bertz CT molecular complexity index is 1470. The van der Waals surface area contributed by atoms with Gasteiger partial charge in [-0.25, -0.2) is 18.2 Å². The minimum absolute atomic E-state index is 0.0841. The van der Waals surface area contributed by atoms with Gasteiger partial charge in [0.1, 0.15) is 5.75 Å². The summed E-state index contributed by atoms with van der Waals surface area (Å²) in [5.41, 5.74) is 0.417. The molecule has 5 rings (SSSR count). The fourth-order valence-corrected chi connectivity index (χ4v) is 6.63. The number of hydrogen-bond donors (Lipinski definition) is 2. The maximum atomic E-state index is 13.4. The zero-order chi connectivity index (χ0) is 27.6. The second kappa shape index (κ2) is 11.6. The molecule has 2 fully saturated rings. The van der Waals surface area contributed by atoms with Gasteiger partial charge in [0.25, 0.3) is 5.91 Å². The molecule has 2 heterocycles. The van der Waals surface area contributed by atoms with Crippen molar-refractivity contribution in [2.24, 2.45) is 0 Å². The first-order chi connectivity index (χ1) is 18.7. The zero-order valence-electron chi connectivity index (χ0n) is 20.5. The van der Waals surface area contributed by atoms with E-state index in [-0.39, 0.29) is 37.7 Å². The molecule has 3 aromatic rings. The number of carbonyl (C=O) groups excluding carboxylic acids is 1. The molecular formula is C26H25ClN2O8S2. The Balaban J connectivity index is 1.31. The third kappa shape index (κ3) is 6.59. The lowest BCUT2D eigenvalue weighted by molar-refractivity contribution is -0.136. The summed E-state index contributed by atoms with van der Waals surface area (Å²) in [7, 11) is -3.36. The molecule has 1 saturated carbocycles. The van der Waals surface area contributed by atoms with Crippen molar-refractivity contribution in [2.45, 2.75) is 48.0 Å². The van der Waals surface area contributed by atoms with Crippen LogP contribution in [0.25, 0.3) is 0 Å². The maximum Gasteiger partial charge on any atom is 0.337 e. The zero-order valence-corrected chi connectivity index (χ0v) is 22.9. The highest BCUT2D eigenvalue weighted by atomic mass is 35.5. The molecule has 1 aliphatic carbocycles. The first kappa shape index (κ1) is 27.5. The number of carbonyl (C=O) groups is 2. The number of aromatic carboxylic acids is 1. The normalized spacial score (nSPS) is 16.9. The molecule has 1 unspecified atom stereocenters. The van der Waals surface area contributed by atoms with Gasteiger partial charge in [-0.05, 0) is 61.6 Å². The van der Waals surface area contributed by atoms with E-state index in [0.29, 0.717) is 49.5 Å². The number of ether oxygens (including phenoxy) is 3. The van der Waals surface area contributed by atoms with Crippen LogP contribution < -0.4 is 10.1 Å². The number of thiazole rings is 1. The summed E-state index contributed by atoms with van der Waals surface area (Å²) >= 11 is 6.96. The standard InChI is InChI=1S/C26H25ClN2O8S2/c27-21-8-3-17(13-20(21)25(31)32)36-22-14-28-26(38-22)29-24(30)23(37-16-9-11-35-12-10-16)15-1-4-18(5-2-15)39(33,34)19-6-7-19/h1-5,8,13-14,16,19,23H,6-7,9-12H2,(H,31,32)(H,28,29,30). The van der Waals surface area contributed by atoms with Crippen LogP contribution in [0.15, 0.2) is 53.6 Å². The van der Waals surface area contributed by atoms with E-state index < -0.39 is 27.8 Å². The Morgan fingerprint density at radius 2 is 1.82 bits per heavy atom. The third-order valence-corrected chi connectivity index (χ3v) is 9.71. The number of hydrogen-bond acceptors (Lipinski definition) is 9. The highest BCUT2D eigenvalue weighted by Crippen LogP contribution is 2.35. The molecule has 0 radical (unpaired) electrons. The Labute approximate surface area is 233 Å². The molecule has 0 bridgehead atoms. The fraction of sp³-hybridized carbons (Fsp3) is 0.346. The van der Waals surface area contributed by atoms with Crippen LogP contribution in [0.4, 0.5) is 5.13 Å². The van der Waals surface area contributed by atoms with Crippen molar-refractivity contribution in [2.75, 3.05) is 18.5 Å². The van der Waals surface area contributed by atoms with Gasteiger partial charge in [-0.1, -0.05) is 35.1 Å². The summed E-state index contributed by atoms with van der Waals surface area (Å²) in [6.07, 6.45) is 2.79. The number of anilines is 1. The molecule has 10 nitrogen and oxygen atoms in total. The van der Waals surface area contributed by atoms with Gasteiger partial charge in [0.05, 0.1) is 33.0 Å². The Morgan fingerprint density at radius 3 is 2.49 bits per heavy atom. The van der Waals surface area contributed by atoms with Crippen LogP contribution in [0.1, 0.15) is 47.7 Å². The minimum Gasteiger partial charge on any atom is -0.478 e. The lowest BCUT2D eigenvalue weighted by atomic mass is 10.1. The molecule has 1 amide bonds. The van der Waals surface area contributed by atoms with E-state index in [2.05, 4.69) is 10.3 Å². The van der Waals surface area contributed by atoms with Gasteiger partial charge >= 0.3 is 5.97 Å². The highest BCUT2D eigenvalue weighted by molar-refractivity contribution is 7.92. The molecule has 1 saturated heterocycles. The van der Waals surface area contributed by atoms with Crippen molar-refractivity contribution in [1.82, 2.24) is 4.98 Å². The number of carboxylic acid groups (broad SMARTS) is 1. The number of nitrogens with one attached hydrogen (secondary N) is 1. The van der Waals surface area contributed by atoms with E-state index in [9.17, 15) is 23.1 Å².